The zero-order valence-electron chi connectivity index (χ0n) is 16.6. The maximum absolute atomic E-state index is 12.3. The van der Waals surface area contributed by atoms with Gasteiger partial charge in [-0.15, -0.1) is 0 Å². The monoisotopic (exact) mass is 418 g/mol. The van der Waals surface area contributed by atoms with Gasteiger partial charge in [0, 0.05) is 22.9 Å². The number of amides is 1. The van der Waals surface area contributed by atoms with Crippen LogP contribution in [0.15, 0.2) is 69.8 Å². The van der Waals surface area contributed by atoms with E-state index in [1.165, 1.54) is 0 Å². The van der Waals surface area contributed by atoms with E-state index in [9.17, 15) is 9.90 Å². The zero-order valence-corrected chi connectivity index (χ0v) is 17.4. The summed E-state index contributed by atoms with van der Waals surface area (Å²) in [6, 6.07) is 16.7. The number of anilines is 1. The maximum Gasteiger partial charge on any atom is 0.229 e. The van der Waals surface area contributed by atoms with Crippen molar-refractivity contribution in [1.29, 1.82) is 0 Å². The minimum absolute atomic E-state index is 0.0858. The number of phenolic OH excluding ortho intramolecular Hbond substituents is 1. The van der Waals surface area contributed by atoms with Gasteiger partial charge in [-0.05, 0) is 47.2 Å². The van der Waals surface area contributed by atoms with Crippen LogP contribution in [0, 0.1) is 0 Å². The van der Waals surface area contributed by atoms with E-state index in [0.717, 1.165) is 35.1 Å². The normalized spacial score (nSPS) is 10.8. The third kappa shape index (κ3) is 4.28. The van der Waals surface area contributed by atoms with E-state index in [1.807, 2.05) is 47.2 Å². The van der Waals surface area contributed by atoms with Crippen LogP contribution in [0.2, 0.25) is 0 Å². The number of benzene rings is 2. The Labute approximate surface area is 179 Å². The second-order valence-corrected chi connectivity index (χ2v) is 7.74. The third-order valence-electron chi connectivity index (χ3n) is 4.75. The number of hydrogen-bond acceptors (Lipinski definition) is 5. The largest absolute Gasteiger partial charge is 0.508 e. The molecule has 4 rings (SSSR count). The number of aromatic nitrogens is 1. The molecular weight excluding hydrogens is 396 g/mol. The Hall–Kier alpha value is -3.38. The third-order valence-corrected chi connectivity index (χ3v) is 5.43. The Morgan fingerprint density at radius 1 is 1.10 bits per heavy atom. The predicted octanol–water partition coefficient (Wildman–Crippen LogP) is 6.57. The summed E-state index contributed by atoms with van der Waals surface area (Å²) < 4.78 is 6.07. The average molecular weight is 419 g/mol. The van der Waals surface area contributed by atoms with Crippen LogP contribution in [0.4, 0.5) is 5.88 Å². The van der Waals surface area contributed by atoms with Gasteiger partial charge in [-0.2, -0.15) is 11.3 Å². The number of unbranched alkanes of at least 4 members (excludes halogenated alkanes) is 1. The Balaban J connectivity index is 1.77. The SMILES string of the molecule is CCCCC(=O)Nc1oc(-c2ccccc2-c2cccc(O)c2)nc1-c1ccsc1. The molecule has 0 unspecified atom stereocenters. The van der Waals surface area contributed by atoms with Gasteiger partial charge < -0.3 is 9.52 Å². The molecule has 0 spiro atoms. The van der Waals surface area contributed by atoms with Crippen molar-refractivity contribution in [2.75, 3.05) is 5.32 Å². The van der Waals surface area contributed by atoms with E-state index in [0.29, 0.717) is 23.9 Å². The number of rotatable bonds is 7. The number of phenols is 1. The molecule has 5 nitrogen and oxygen atoms in total. The molecule has 0 saturated carbocycles. The van der Waals surface area contributed by atoms with Crippen LogP contribution in [-0.2, 0) is 4.79 Å². The van der Waals surface area contributed by atoms with Gasteiger partial charge in [0.25, 0.3) is 0 Å². The number of oxazole rings is 1. The van der Waals surface area contributed by atoms with E-state index in [1.54, 1.807) is 29.5 Å². The molecule has 4 aromatic rings. The lowest BCUT2D eigenvalue weighted by atomic mass is 9.99. The molecule has 2 heterocycles. The van der Waals surface area contributed by atoms with E-state index in [4.69, 9.17) is 9.40 Å². The van der Waals surface area contributed by atoms with Crippen molar-refractivity contribution in [3.63, 3.8) is 0 Å². The molecule has 2 aromatic carbocycles. The molecule has 152 valence electrons. The van der Waals surface area contributed by atoms with Crippen molar-refractivity contribution in [3.05, 3.63) is 65.4 Å². The standard InChI is InChI=1S/C24H22N2O3S/c1-2-3-11-21(28)25-24-22(17-12-13-30-15-17)26-23(29-24)20-10-5-4-9-19(20)16-7-6-8-18(27)14-16/h4-10,12-15,27H,2-3,11H2,1H3,(H,25,28). The van der Waals surface area contributed by atoms with Crippen LogP contribution in [-0.4, -0.2) is 16.0 Å². The smallest absolute Gasteiger partial charge is 0.229 e. The molecule has 0 radical (unpaired) electrons. The molecule has 1 amide bonds. The summed E-state index contributed by atoms with van der Waals surface area (Å²) in [5, 5.41) is 16.7. The first kappa shape index (κ1) is 19.9. The van der Waals surface area contributed by atoms with Gasteiger partial charge in [-0.1, -0.05) is 43.7 Å². The summed E-state index contributed by atoms with van der Waals surface area (Å²) in [6.45, 7) is 2.05. The van der Waals surface area contributed by atoms with Crippen molar-refractivity contribution in [2.24, 2.45) is 0 Å². The van der Waals surface area contributed by atoms with Crippen molar-refractivity contribution in [1.82, 2.24) is 4.98 Å². The summed E-state index contributed by atoms with van der Waals surface area (Å²) in [5.41, 5.74) is 4.04. The minimum Gasteiger partial charge on any atom is -0.508 e. The van der Waals surface area contributed by atoms with Gasteiger partial charge in [-0.25, -0.2) is 4.98 Å². The Bertz CT molecular complexity index is 1150. The second-order valence-electron chi connectivity index (χ2n) is 6.96. The Kier molecular flexibility index (Phi) is 5.95. The lowest BCUT2D eigenvalue weighted by Crippen LogP contribution is -2.10. The number of thiophene rings is 1. The summed E-state index contributed by atoms with van der Waals surface area (Å²) >= 11 is 1.56. The molecule has 0 aliphatic rings. The lowest BCUT2D eigenvalue weighted by molar-refractivity contribution is -0.116. The molecule has 6 heteroatoms. The van der Waals surface area contributed by atoms with Crippen molar-refractivity contribution >= 4 is 23.1 Å². The molecule has 30 heavy (non-hydrogen) atoms. The minimum atomic E-state index is -0.0858. The highest BCUT2D eigenvalue weighted by Gasteiger charge is 2.20. The number of nitrogens with one attached hydrogen (secondary N) is 1. The molecule has 0 aliphatic heterocycles. The van der Waals surface area contributed by atoms with Crippen molar-refractivity contribution < 1.29 is 14.3 Å². The number of carbonyl (C=O) groups is 1. The van der Waals surface area contributed by atoms with E-state index >= 15 is 0 Å². The maximum atomic E-state index is 12.3. The van der Waals surface area contributed by atoms with E-state index in [2.05, 4.69) is 12.2 Å². The first-order chi connectivity index (χ1) is 14.7. The number of nitrogens with zero attached hydrogens (tertiary/aromatic N) is 1. The summed E-state index contributed by atoms with van der Waals surface area (Å²) in [7, 11) is 0. The van der Waals surface area contributed by atoms with Gasteiger partial charge in [0.15, 0.2) is 0 Å². The first-order valence-corrected chi connectivity index (χ1v) is 10.8. The zero-order chi connectivity index (χ0) is 20.9. The van der Waals surface area contributed by atoms with E-state index < -0.39 is 0 Å². The molecule has 0 atom stereocenters. The highest BCUT2D eigenvalue weighted by atomic mass is 32.1. The number of hydrogen-bond donors (Lipinski definition) is 2. The fourth-order valence-corrected chi connectivity index (χ4v) is 3.88. The quantitative estimate of drug-likeness (QED) is 0.356. The summed E-state index contributed by atoms with van der Waals surface area (Å²) in [5.74, 6) is 0.881. The predicted molar refractivity (Wildman–Crippen MR) is 121 cm³/mol. The van der Waals surface area contributed by atoms with Gasteiger partial charge in [0.2, 0.25) is 17.7 Å². The topological polar surface area (TPSA) is 75.4 Å². The van der Waals surface area contributed by atoms with Crippen LogP contribution in [0.3, 0.4) is 0 Å². The van der Waals surface area contributed by atoms with Crippen molar-refractivity contribution in [2.45, 2.75) is 26.2 Å². The van der Waals surface area contributed by atoms with Crippen LogP contribution < -0.4 is 5.32 Å². The highest BCUT2D eigenvalue weighted by molar-refractivity contribution is 7.08. The molecule has 0 bridgehead atoms. The van der Waals surface area contributed by atoms with Gasteiger partial charge in [0.05, 0.1) is 0 Å². The average Bonchev–Trinajstić information content (AvgIpc) is 3.42. The van der Waals surface area contributed by atoms with Gasteiger partial charge in [0.1, 0.15) is 11.4 Å². The van der Waals surface area contributed by atoms with Crippen LogP contribution in [0.5, 0.6) is 5.75 Å². The highest BCUT2D eigenvalue weighted by Crippen LogP contribution is 2.38. The summed E-state index contributed by atoms with van der Waals surface area (Å²) in [4.78, 5) is 17.1. The van der Waals surface area contributed by atoms with Gasteiger partial charge >= 0.3 is 0 Å². The molecule has 2 aromatic heterocycles. The van der Waals surface area contributed by atoms with Gasteiger partial charge in [-0.3, -0.25) is 10.1 Å². The van der Waals surface area contributed by atoms with Crippen molar-refractivity contribution in [3.8, 4) is 39.6 Å². The van der Waals surface area contributed by atoms with E-state index in [-0.39, 0.29) is 11.7 Å². The number of carbonyl (C=O) groups excluding carboxylic acids is 1. The first-order valence-electron chi connectivity index (χ1n) is 9.87. The molecule has 0 fully saturated rings. The molecule has 0 aliphatic carbocycles. The summed E-state index contributed by atoms with van der Waals surface area (Å²) in [6.07, 6.45) is 2.21. The fourth-order valence-electron chi connectivity index (χ4n) is 3.24. The fraction of sp³-hybridized carbons (Fsp3) is 0.167. The molecule has 2 N–H and O–H groups in total. The number of aromatic hydroxyl groups is 1. The molecule has 0 saturated heterocycles. The lowest BCUT2D eigenvalue weighted by Gasteiger charge is -2.07. The van der Waals surface area contributed by atoms with Crippen LogP contribution in [0.1, 0.15) is 26.2 Å². The Morgan fingerprint density at radius 3 is 2.67 bits per heavy atom. The Morgan fingerprint density at radius 2 is 1.93 bits per heavy atom. The van der Waals surface area contributed by atoms with Crippen LogP contribution >= 0.6 is 11.3 Å². The molecular formula is C24H22N2O3S. The second kappa shape index (κ2) is 8.97. The van der Waals surface area contributed by atoms with Crippen LogP contribution in [0.25, 0.3) is 33.8 Å².